The van der Waals surface area contributed by atoms with Gasteiger partial charge in [-0.15, -0.1) is 0 Å². The first kappa shape index (κ1) is 13.3. The summed E-state index contributed by atoms with van der Waals surface area (Å²) in [5.41, 5.74) is 0.913. The van der Waals surface area contributed by atoms with E-state index in [0.29, 0.717) is 26.2 Å². The molecule has 2 rings (SSSR count). The van der Waals surface area contributed by atoms with E-state index in [9.17, 15) is 9.59 Å². The summed E-state index contributed by atoms with van der Waals surface area (Å²) in [6, 6.07) is 3.73. The van der Waals surface area contributed by atoms with Crippen LogP contribution in [0.4, 0.5) is 5.82 Å². The zero-order chi connectivity index (χ0) is 13.8. The quantitative estimate of drug-likeness (QED) is 0.793. The Hall–Kier alpha value is -2.11. The average molecular weight is 262 g/mol. The second kappa shape index (κ2) is 5.69. The van der Waals surface area contributed by atoms with E-state index in [0.717, 1.165) is 11.4 Å². The Morgan fingerprint density at radius 3 is 2.63 bits per heavy atom. The number of likely N-dealkylation sites (N-methyl/N-ethyl adjacent to an activating group) is 1. The number of pyridine rings is 1. The van der Waals surface area contributed by atoms with E-state index in [1.165, 1.54) is 0 Å². The molecule has 1 aliphatic heterocycles. The van der Waals surface area contributed by atoms with Crippen LogP contribution in [0.25, 0.3) is 0 Å². The summed E-state index contributed by atoms with van der Waals surface area (Å²) in [6.07, 6.45) is 1.69. The molecule has 1 aromatic rings. The lowest BCUT2D eigenvalue weighted by Crippen LogP contribution is -2.53. The molecule has 19 heavy (non-hydrogen) atoms. The van der Waals surface area contributed by atoms with Gasteiger partial charge in [0.2, 0.25) is 0 Å². The van der Waals surface area contributed by atoms with Gasteiger partial charge in [-0.05, 0) is 13.0 Å². The van der Waals surface area contributed by atoms with Crippen molar-refractivity contribution in [2.24, 2.45) is 0 Å². The first-order valence-electron chi connectivity index (χ1n) is 6.37. The van der Waals surface area contributed by atoms with Crippen LogP contribution in [-0.4, -0.2) is 53.3 Å². The lowest BCUT2D eigenvalue weighted by Gasteiger charge is -2.33. The SMILES string of the molecule is CCN1CCN(Cc2cccnc2NC)C(=O)C1=O. The van der Waals surface area contributed by atoms with Gasteiger partial charge in [0.1, 0.15) is 5.82 Å². The Balaban J connectivity index is 2.12. The predicted octanol–water partition coefficient (Wildman–Crippen LogP) is 0.314. The average Bonchev–Trinajstić information content (AvgIpc) is 2.45. The van der Waals surface area contributed by atoms with Crippen molar-refractivity contribution in [3.8, 4) is 0 Å². The van der Waals surface area contributed by atoms with Gasteiger partial charge in [0.15, 0.2) is 0 Å². The van der Waals surface area contributed by atoms with Crippen LogP contribution in [0.3, 0.4) is 0 Å². The second-order valence-electron chi connectivity index (χ2n) is 4.37. The standard InChI is InChI=1S/C13H18N4O2/c1-3-16-7-8-17(13(19)12(16)18)9-10-5-4-6-15-11(10)14-2/h4-6H,3,7-9H2,1-2H3,(H,14,15). The molecule has 102 valence electrons. The van der Waals surface area contributed by atoms with Crippen LogP contribution in [0.15, 0.2) is 18.3 Å². The van der Waals surface area contributed by atoms with Crippen LogP contribution in [0, 0.1) is 0 Å². The molecule has 1 aromatic heterocycles. The van der Waals surface area contributed by atoms with E-state index >= 15 is 0 Å². The van der Waals surface area contributed by atoms with Crippen molar-refractivity contribution in [3.05, 3.63) is 23.9 Å². The van der Waals surface area contributed by atoms with E-state index in [4.69, 9.17) is 0 Å². The maximum Gasteiger partial charge on any atom is 0.312 e. The van der Waals surface area contributed by atoms with Gasteiger partial charge >= 0.3 is 11.8 Å². The van der Waals surface area contributed by atoms with Gasteiger partial charge in [-0.25, -0.2) is 4.98 Å². The number of nitrogens with zero attached hydrogens (tertiary/aromatic N) is 3. The molecule has 2 amide bonds. The van der Waals surface area contributed by atoms with Gasteiger partial charge in [0, 0.05) is 45.0 Å². The van der Waals surface area contributed by atoms with E-state index in [1.807, 2.05) is 19.1 Å². The molecule has 0 aliphatic carbocycles. The smallest absolute Gasteiger partial charge is 0.312 e. The summed E-state index contributed by atoms with van der Waals surface area (Å²) in [6.45, 7) is 4.02. The van der Waals surface area contributed by atoms with Crippen LogP contribution in [-0.2, 0) is 16.1 Å². The molecule has 0 atom stereocenters. The van der Waals surface area contributed by atoms with Crippen molar-refractivity contribution in [1.82, 2.24) is 14.8 Å². The third-order valence-electron chi connectivity index (χ3n) is 3.27. The topological polar surface area (TPSA) is 65.5 Å². The first-order valence-corrected chi connectivity index (χ1v) is 6.37. The normalized spacial score (nSPS) is 15.9. The van der Waals surface area contributed by atoms with E-state index in [1.54, 1.807) is 23.0 Å². The lowest BCUT2D eigenvalue weighted by atomic mass is 10.2. The van der Waals surface area contributed by atoms with Crippen LogP contribution in [0.5, 0.6) is 0 Å². The molecule has 0 spiro atoms. The van der Waals surface area contributed by atoms with Crippen molar-refractivity contribution >= 4 is 17.6 Å². The molecule has 1 N–H and O–H groups in total. The Labute approximate surface area is 112 Å². The van der Waals surface area contributed by atoms with Crippen molar-refractivity contribution in [1.29, 1.82) is 0 Å². The third kappa shape index (κ3) is 2.67. The minimum absolute atomic E-state index is 0.409. The molecular weight excluding hydrogens is 244 g/mol. The molecule has 1 aliphatic rings. The van der Waals surface area contributed by atoms with Gasteiger partial charge in [0.25, 0.3) is 0 Å². The predicted molar refractivity (Wildman–Crippen MR) is 71.5 cm³/mol. The highest BCUT2D eigenvalue weighted by Gasteiger charge is 2.31. The fourth-order valence-corrected chi connectivity index (χ4v) is 2.16. The van der Waals surface area contributed by atoms with Crippen molar-refractivity contribution < 1.29 is 9.59 Å². The summed E-state index contributed by atoms with van der Waals surface area (Å²) in [5, 5.41) is 2.99. The summed E-state index contributed by atoms with van der Waals surface area (Å²) in [7, 11) is 1.79. The number of rotatable bonds is 4. The number of carbonyl (C=O) groups is 2. The Kier molecular flexibility index (Phi) is 3.99. The summed E-state index contributed by atoms with van der Waals surface area (Å²) >= 11 is 0. The number of hydrogen-bond donors (Lipinski definition) is 1. The number of hydrogen-bond acceptors (Lipinski definition) is 4. The lowest BCUT2D eigenvalue weighted by molar-refractivity contribution is -0.156. The zero-order valence-corrected chi connectivity index (χ0v) is 11.2. The second-order valence-corrected chi connectivity index (χ2v) is 4.37. The van der Waals surface area contributed by atoms with Crippen molar-refractivity contribution in [3.63, 3.8) is 0 Å². The monoisotopic (exact) mass is 262 g/mol. The Morgan fingerprint density at radius 1 is 1.26 bits per heavy atom. The molecule has 2 heterocycles. The molecule has 0 radical (unpaired) electrons. The Bertz CT molecular complexity index is 489. The number of aromatic nitrogens is 1. The number of carbonyl (C=O) groups excluding carboxylic acids is 2. The minimum atomic E-state index is -0.431. The summed E-state index contributed by atoms with van der Waals surface area (Å²) in [4.78, 5) is 31.1. The van der Waals surface area contributed by atoms with E-state index in [2.05, 4.69) is 10.3 Å². The van der Waals surface area contributed by atoms with E-state index in [-0.39, 0.29) is 0 Å². The fraction of sp³-hybridized carbons (Fsp3) is 0.462. The highest BCUT2D eigenvalue weighted by atomic mass is 16.2. The van der Waals surface area contributed by atoms with Gasteiger partial charge in [0.05, 0.1) is 0 Å². The molecular formula is C13H18N4O2. The fourth-order valence-electron chi connectivity index (χ4n) is 2.16. The zero-order valence-electron chi connectivity index (χ0n) is 11.2. The number of anilines is 1. The maximum atomic E-state index is 12.0. The molecule has 0 unspecified atom stereocenters. The van der Waals surface area contributed by atoms with Gasteiger partial charge < -0.3 is 15.1 Å². The molecule has 1 fully saturated rings. The molecule has 6 nitrogen and oxygen atoms in total. The maximum absolute atomic E-state index is 12.0. The highest BCUT2D eigenvalue weighted by molar-refractivity contribution is 6.35. The van der Waals surface area contributed by atoms with Crippen molar-refractivity contribution in [2.75, 3.05) is 32.0 Å². The van der Waals surface area contributed by atoms with Gasteiger partial charge in [-0.2, -0.15) is 0 Å². The molecule has 0 bridgehead atoms. The molecule has 0 saturated carbocycles. The van der Waals surface area contributed by atoms with Crippen molar-refractivity contribution in [2.45, 2.75) is 13.5 Å². The number of nitrogens with one attached hydrogen (secondary N) is 1. The molecule has 6 heteroatoms. The summed E-state index contributed by atoms with van der Waals surface area (Å²) in [5.74, 6) is -0.108. The van der Waals surface area contributed by atoms with Crippen LogP contribution in [0.1, 0.15) is 12.5 Å². The number of amides is 2. The van der Waals surface area contributed by atoms with Gasteiger partial charge in [-0.1, -0.05) is 6.07 Å². The number of piperazine rings is 1. The van der Waals surface area contributed by atoms with Crippen LogP contribution in [0.2, 0.25) is 0 Å². The molecule has 1 saturated heterocycles. The van der Waals surface area contributed by atoms with E-state index < -0.39 is 11.8 Å². The minimum Gasteiger partial charge on any atom is -0.373 e. The Morgan fingerprint density at radius 2 is 1.95 bits per heavy atom. The summed E-state index contributed by atoms with van der Waals surface area (Å²) < 4.78 is 0. The third-order valence-corrected chi connectivity index (χ3v) is 3.27. The van der Waals surface area contributed by atoms with Crippen LogP contribution >= 0.6 is 0 Å². The first-order chi connectivity index (χ1) is 9.17. The molecule has 0 aromatic carbocycles. The highest BCUT2D eigenvalue weighted by Crippen LogP contribution is 2.15. The van der Waals surface area contributed by atoms with Gasteiger partial charge in [-0.3, -0.25) is 9.59 Å². The largest absolute Gasteiger partial charge is 0.373 e. The van der Waals surface area contributed by atoms with Crippen LogP contribution < -0.4 is 5.32 Å².